The Morgan fingerprint density at radius 3 is 2.76 bits per heavy atom. The third-order valence-corrected chi connectivity index (χ3v) is 4.29. The van der Waals surface area contributed by atoms with Crippen LogP contribution in [0, 0.1) is 12.7 Å². The summed E-state index contributed by atoms with van der Waals surface area (Å²) in [5, 5.41) is 11.0. The van der Waals surface area contributed by atoms with E-state index in [2.05, 4.69) is 21.6 Å². The van der Waals surface area contributed by atoms with Crippen LogP contribution < -0.4 is 5.32 Å². The van der Waals surface area contributed by atoms with Crippen molar-refractivity contribution in [3.8, 4) is 0 Å². The Kier molecular flexibility index (Phi) is 5.45. The molecular weight excluding hydrogens is 341 g/mol. The summed E-state index contributed by atoms with van der Waals surface area (Å²) in [6, 6.07) is 13.5. The minimum atomic E-state index is -0.385. The molecule has 0 unspecified atom stereocenters. The molecule has 1 aromatic heterocycles. The number of hydrogen-bond donors (Lipinski definition) is 1. The van der Waals surface area contributed by atoms with E-state index in [4.69, 9.17) is 4.42 Å². The molecule has 0 bridgehead atoms. The van der Waals surface area contributed by atoms with Crippen molar-refractivity contribution in [3.63, 3.8) is 0 Å². The van der Waals surface area contributed by atoms with Gasteiger partial charge < -0.3 is 9.73 Å². The van der Waals surface area contributed by atoms with E-state index in [1.807, 2.05) is 25.1 Å². The lowest BCUT2D eigenvalue weighted by Gasteiger charge is -2.02. The van der Waals surface area contributed by atoms with Crippen LogP contribution >= 0.6 is 11.8 Å². The number of thioether (sulfide) groups is 1. The van der Waals surface area contributed by atoms with E-state index in [1.165, 1.54) is 47.2 Å². The number of carbonyl (C=O) groups is 1. The van der Waals surface area contributed by atoms with Crippen LogP contribution in [0.5, 0.6) is 0 Å². The Bertz CT molecular complexity index is 865. The number of carbonyl (C=O) groups excluding carboxylic acids is 1. The first-order chi connectivity index (χ1) is 12.1. The van der Waals surface area contributed by atoms with Gasteiger partial charge in [0.25, 0.3) is 11.1 Å². The fourth-order valence-corrected chi connectivity index (χ4v) is 2.90. The molecule has 1 heterocycles. The Morgan fingerprint density at radius 2 is 2.00 bits per heavy atom. The maximum atomic E-state index is 12.9. The van der Waals surface area contributed by atoms with Crippen molar-refractivity contribution < 1.29 is 13.6 Å². The van der Waals surface area contributed by atoms with Gasteiger partial charge in [-0.05, 0) is 36.8 Å². The standard InChI is InChI=1S/C18H16FN3O2S/c1-12-3-2-4-13(9-12)11-25-18-22-21-16(24-18)10-20-17(23)14-5-7-15(19)8-6-14/h2-9H,10-11H2,1H3,(H,20,23). The zero-order chi connectivity index (χ0) is 17.6. The van der Waals surface area contributed by atoms with Crippen LogP contribution in [-0.2, 0) is 12.3 Å². The van der Waals surface area contributed by atoms with Crippen molar-refractivity contribution in [2.45, 2.75) is 24.4 Å². The van der Waals surface area contributed by atoms with Gasteiger partial charge in [0.05, 0.1) is 6.54 Å². The number of nitrogens with zero attached hydrogens (tertiary/aromatic N) is 2. The highest BCUT2D eigenvalue weighted by Gasteiger charge is 2.10. The summed E-state index contributed by atoms with van der Waals surface area (Å²) in [4.78, 5) is 12.0. The van der Waals surface area contributed by atoms with Gasteiger partial charge in [0.1, 0.15) is 5.82 Å². The fraction of sp³-hybridized carbons (Fsp3) is 0.167. The van der Waals surface area contributed by atoms with E-state index in [9.17, 15) is 9.18 Å². The molecule has 0 saturated heterocycles. The third-order valence-electron chi connectivity index (χ3n) is 3.40. The van der Waals surface area contributed by atoms with Crippen molar-refractivity contribution in [2.24, 2.45) is 0 Å². The van der Waals surface area contributed by atoms with Gasteiger partial charge in [-0.2, -0.15) is 0 Å². The summed E-state index contributed by atoms with van der Waals surface area (Å²) in [7, 11) is 0. The first kappa shape index (κ1) is 17.2. The maximum absolute atomic E-state index is 12.9. The lowest BCUT2D eigenvalue weighted by Crippen LogP contribution is -2.22. The lowest BCUT2D eigenvalue weighted by atomic mass is 10.2. The zero-order valence-corrected chi connectivity index (χ0v) is 14.3. The highest BCUT2D eigenvalue weighted by molar-refractivity contribution is 7.98. The van der Waals surface area contributed by atoms with Crippen molar-refractivity contribution in [3.05, 3.63) is 76.9 Å². The quantitative estimate of drug-likeness (QED) is 0.681. The van der Waals surface area contributed by atoms with Gasteiger partial charge in [0.15, 0.2) is 0 Å². The molecule has 128 valence electrons. The molecule has 0 fully saturated rings. The number of benzene rings is 2. The maximum Gasteiger partial charge on any atom is 0.276 e. The first-order valence-electron chi connectivity index (χ1n) is 7.64. The summed E-state index contributed by atoms with van der Waals surface area (Å²) < 4.78 is 18.4. The van der Waals surface area contributed by atoms with Crippen molar-refractivity contribution in [1.29, 1.82) is 0 Å². The minimum Gasteiger partial charge on any atom is -0.414 e. The second-order valence-electron chi connectivity index (χ2n) is 5.43. The number of nitrogens with one attached hydrogen (secondary N) is 1. The van der Waals surface area contributed by atoms with Crippen LogP contribution in [-0.4, -0.2) is 16.1 Å². The van der Waals surface area contributed by atoms with Crippen LogP contribution in [0.25, 0.3) is 0 Å². The summed E-state index contributed by atoms with van der Waals surface area (Å²) >= 11 is 1.44. The van der Waals surface area contributed by atoms with Gasteiger partial charge in [0, 0.05) is 11.3 Å². The smallest absolute Gasteiger partial charge is 0.276 e. The number of hydrogen-bond acceptors (Lipinski definition) is 5. The molecule has 0 aliphatic rings. The van der Waals surface area contributed by atoms with Crippen molar-refractivity contribution in [2.75, 3.05) is 0 Å². The molecule has 0 radical (unpaired) electrons. The van der Waals surface area contributed by atoms with Gasteiger partial charge in [0.2, 0.25) is 5.89 Å². The third kappa shape index (κ3) is 4.90. The molecule has 7 heteroatoms. The molecule has 1 N–H and O–H groups in total. The molecule has 0 spiro atoms. The van der Waals surface area contributed by atoms with Gasteiger partial charge in [-0.25, -0.2) is 4.39 Å². The van der Waals surface area contributed by atoms with Crippen LogP contribution in [0.2, 0.25) is 0 Å². The number of aryl methyl sites for hydroxylation is 1. The van der Waals surface area contributed by atoms with Gasteiger partial charge in [-0.1, -0.05) is 41.6 Å². The SMILES string of the molecule is Cc1cccc(CSc2nnc(CNC(=O)c3ccc(F)cc3)o2)c1. The molecule has 0 aliphatic carbocycles. The highest BCUT2D eigenvalue weighted by atomic mass is 32.2. The molecule has 0 atom stereocenters. The molecule has 2 aromatic carbocycles. The molecule has 25 heavy (non-hydrogen) atoms. The molecule has 5 nitrogen and oxygen atoms in total. The number of amides is 1. The Hall–Kier alpha value is -2.67. The largest absolute Gasteiger partial charge is 0.414 e. The second-order valence-corrected chi connectivity index (χ2v) is 6.36. The summed E-state index contributed by atoms with van der Waals surface area (Å²) in [6.07, 6.45) is 0. The van der Waals surface area contributed by atoms with E-state index in [0.717, 1.165) is 5.75 Å². The monoisotopic (exact) mass is 357 g/mol. The Morgan fingerprint density at radius 1 is 1.20 bits per heavy atom. The lowest BCUT2D eigenvalue weighted by molar-refractivity contribution is 0.0946. The highest BCUT2D eigenvalue weighted by Crippen LogP contribution is 2.21. The van der Waals surface area contributed by atoms with Crippen LogP contribution in [0.1, 0.15) is 27.4 Å². The Balaban J connectivity index is 1.51. The molecule has 1 amide bonds. The second kappa shape index (κ2) is 7.94. The average Bonchev–Trinajstić information content (AvgIpc) is 3.06. The minimum absolute atomic E-state index is 0.119. The fourth-order valence-electron chi connectivity index (χ4n) is 2.17. The number of halogens is 1. The number of rotatable bonds is 6. The topological polar surface area (TPSA) is 68.0 Å². The van der Waals surface area contributed by atoms with E-state index >= 15 is 0 Å². The van der Waals surface area contributed by atoms with E-state index < -0.39 is 0 Å². The zero-order valence-electron chi connectivity index (χ0n) is 13.5. The predicted octanol–water partition coefficient (Wildman–Crippen LogP) is 3.74. The molecule has 0 saturated carbocycles. The van der Waals surface area contributed by atoms with Crippen molar-refractivity contribution >= 4 is 17.7 Å². The van der Waals surface area contributed by atoms with Gasteiger partial charge in [-0.15, -0.1) is 10.2 Å². The van der Waals surface area contributed by atoms with Crippen molar-refractivity contribution in [1.82, 2.24) is 15.5 Å². The van der Waals surface area contributed by atoms with Gasteiger partial charge in [-0.3, -0.25) is 4.79 Å². The first-order valence-corrected chi connectivity index (χ1v) is 8.63. The molecule has 3 aromatic rings. The summed E-state index contributed by atoms with van der Waals surface area (Å²) in [5.41, 5.74) is 2.75. The summed E-state index contributed by atoms with van der Waals surface area (Å²) in [5.74, 6) is 0.337. The van der Waals surface area contributed by atoms with E-state index in [-0.39, 0.29) is 18.3 Å². The van der Waals surface area contributed by atoms with E-state index in [0.29, 0.717) is 16.7 Å². The predicted molar refractivity (Wildman–Crippen MR) is 92.6 cm³/mol. The molecule has 0 aliphatic heterocycles. The Labute approximate surface area is 148 Å². The average molecular weight is 357 g/mol. The van der Waals surface area contributed by atoms with Gasteiger partial charge >= 0.3 is 0 Å². The van der Waals surface area contributed by atoms with Crippen LogP contribution in [0.3, 0.4) is 0 Å². The molecular formula is C18H16FN3O2S. The van der Waals surface area contributed by atoms with Crippen LogP contribution in [0.4, 0.5) is 4.39 Å². The van der Waals surface area contributed by atoms with Crippen LogP contribution in [0.15, 0.2) is 58.2 Å². The molecule has 3 rings (SSSR count). The van der Waals surface area contributed by atoms with E-state index in [1.54, 1.807) is 0 Å². The normalized spacial score (nSPS) is 10.6. The number of aromatic nitrogens is 2. The summed E-state index contributed by atoms with van der Waals surface area (Å²) in [6.45, 7) is 2.16.